The van der Waals surface area contributed by atoms with Crippen molar-refractivity contribution in [1.82, 2.24) is 15.1 Å². The van der Waals surface area contributed by atoms with E-state index in [-0.39, 0.29) is 0 Å². The minimum Gasteiger partial charge on any atom is -0.308 e. The lowest BCUT2D eigenvalue weighted by Gasteiger charge is -2.43. The Morgan fingerprint density at radius 3 is 2.38 bits per heavy atom. The maximum absolute atomic E-state index is 3.71. The molecule has 1 aromatic rings. The van der Waals surface area contributed by atoms with Crippen LogP contribution in [0.4, 0.5) is 0 Å². The molecule has 3 nitrogen and oxygen atoms in total. The molecule has 3 heteroatoms. The summed E-state index contributed by atoms with van der Waals surface area (Å²) in [6.45, 7) is 14.0. The molecule has 0 saturated carbocycles. The molecule has 0 spiro atoms. The number of piperazine rings is 1. The lowest BCUT2D eigenvalue weighted by atomic mass is 9.95. The van der Waals surface area contributed by atoms with Crippen molar-refractivity contribution >= 4 is 0 Å². The number of rotatable bonds is 2. The van der Waals surface area contributed by atoms with Crippen molar-refractivity contribution in [2.75, 3.05) is 32.7 Å². The van der Waals surface area contributed by atoms with E-state index in [0.717, 1.165) is 6.54 Å². The molecule has 1 atom stereocenters. The van der Waals surface area contributed by atoms with Crippen LogP contribution in [0.15, 0.2) is 24.3 Å². The molecule has 3 rings (SSSR count). The molecule has 0 aliphatic carbocycles. The number of fused-ring (bicyclic) bond motifs is 1. The molecule has 1 N–H and O–H groups in total. The molecule has 21 heavy (non-hydrogen) atoms. The number of hydrogen-bond donors (Lipinski definition) is 1. The van der Waals surface area contributed by atoms with Crippen LogP contribution in [-0.4, -0.2) is 54.1 Å². The zero-order valence-electron chi connectivity index (χ0n) is 13.7. The minimum atomic E-state index is 0.314. The van der Waals surface area contributed by atoms with Crippen molar-refractivity contribution in [3.63, 3.8) is 0 Å². The van der Waals surface area contributed by atoms with Crippen LogP contribution >= 0.6 is 0 Å². The Morgan fingerprint density at radius 1 is 1.05 bits per heavy atom. The molecule has 2 aliphatic rings. The zero-order valence-corrected chi connectivity index (χ0v) is 13.7. The summed E-state index contributed by atoms with van der Waals surface area (Å²) < 4.78 is 0. The van der Waals surface area contributed by atoms with E-state index in [0.29, 0.717) is 11.6 Å². The monoisotopic (exact) mass is 287 g/mol. The van der Waals surface area contributed by atoms with Gasteiger partial charge < -0.3 is 5.32 Å². The number of benzene rings is 1. The fourth-order valence-corrected chi connectivity index (χ4v) is 3.56. The van der Waals surface area contributed by atoms with Crippen LogP contribution < -0.4 is 5.32 Å². The van der Waals surface area contributed by atoms with E-state index < -0.39 is 0 Å². The minimum absolute atomic E-state index is 0.314. The topological polar surface area (TPSA) is 18.5 Å². The highest BCUT2D eigenvalue weighted by molar-refractivity contribution is 5.29. The molecule has 0 radical (unpaired) electrons. The highest BCUT2D eigenvalue weighted by Gasteiger charge is 2.27. The van der Waals surface area contributed by atoms with E-state index in [1.54, 1.807) is 0 Å². The summed E-state index contributed by atoms with van der Waals surface area (Å²) >= 11 is 0. The largest absolute Gasteiger partial charge is 0.308 e. The van der Waals surface area contributed by atoms with E-state index >= 15 is 0 Å². The average molecular weight is 287 g/mol. The van der Waals surface area contributed by atoms with Crippen LogP contribution in [0, 0.1) is 0 Å². The second-order valence-electron chi connectivity index (χ2n) is 7.51. The summed E-state index contributed by atoms with van der Waals surface area (Å²) in [5.41, 5.74) is 3.33. The van der Waals surface area contributed by atoms with Crippen molar-refractivity contribution < 1.29 is 0 Å². The van der Waals surface area contributed by atoms with Crippen LogP contribution in [0.3, 0.4) is 0 Å². The van der Waals surface area contributed by atoms with Crippen LogP contribution in [0.1, 0.15) is 31.9 Å². The fourth-order valence-electron chi connectivity index (χ4n) is 3.56. The van der Waals surface area contributed by atoms with Crippen molar-refractivity contribution in [1.29, 1.82) is 0 Å². The molecule has 116 valence electrons. The van der Waals surface area contributed by atoms with Gasteiger partial charge in [0.1, 0.15) is 0 Å². The molecule has 0 bridgehead atoms. The van der Waals surface area contributed by atoms with Crippen molar-refractivity contribution in [3.8, 4) is 0 Å². The van der Waals surface area contributed by atoms with Crippen LogP contribution in [0.25, 0.3) is 0 Å². The van der Waals surface area contributed by atoms with Gasteiger partial charge in [-0.25, -0.2) is 0 Å². The third-order valence-electron chi connectivity index (χ3n) is 4.97. The summed E-state index contributed by atoms with van der Waals surface area (Å²) in [5.74, 6) is 0. The molecule has 0 aromatic heterocycles. The van der Waals surface area contributed by atoms with Crippen LogP contribution in [0.5, 0.6) is 0 Å². The quantitative estimate of drug-likeness (QED) is 0.899. The second kappa shape index (κ2) is 6.07. The summed E-state index contributed by atoms with van der Waals surface area (Å²) in [6, 6.07) is 9.47. The van der Waals surface area contributed by atoms with Crippen molar-refractivity contribution in [2.24, 2.45) is 0 Å². The smallest absolute Gasteiger partial charge is 0.0238 e. The molecule has 0 amide bonds. The van der Waals surface area contributed by atoms with E-state index in [1.165, 1.54) is 50.3 Å². The van der Waals surface area contributed by atoms with Gasteiger partial charge >= 0.3 is 0 Å². The first-order valence-electron chi connectivity index (χ1n) is 8.30. The summed E-state index contributed by atoms with van der Waals surface area (Å²) in [6.07, 6.45) is 1.18. The Morgan fingerprint density at radius 2 is 1.71 bits per heavy atom. The van der Waals surface area contributed by atoms with Crippen molar-refractivity contribution in [3.05, 3.63) is 35.4 Å². The van der Waals surface area contributed by atoms with Gasteiger partial charge in [-0.15, -0.1) is 0 Å². The van der Waals surface area contributed by atoms with Crippen molar-refractivity contribution in [2.45, 2.75) is 45.3 Å². The molecular weight excluding hydrogens is 258 g/mol. The van der Waals surface area contributed by atoms with Gasteiger partial charge in [0.2, 0.25) is 0 Å². The molecular formula is C18H29N3. The van der Waals surface area contributed by atoms with Gasteiger partial charge in [0.25, 0.3) is 0 Å². The molecule has 2 aliphatic heterocycles. The Balaban J connectivity index is 1.51. The molecule has 1 unspecified atom stereocenters. The molecule has 1 fully saturated rings. The van der Waals surface area contributed by atoms with Gasteiger partial charge in [0.05, 0.1) is 0 Å². The average Bonchev–Trinajstić information content (AvgIpc) is 2.47. The summed E-state index contributed by atoms with van der Waals surface area (Å²) in [7, 11) is 0. The third-order valence-corrected chi connectivity index (χ3v) is 4.97. The lowest BCUT2D eigenvalue weighted by molar-refractivity contribution is 0.0576. The van der Waals surface area contributed by atoms with E-state index in [9.17, 15) is 0 Å². The van der Waals surface area contributed by atoms with Crippen LogP contribution in [-0.2, 0) is 13.0 Å². The molecule has 1 aromatic carbocycles. The first kappa shape index (κ1) is 15.0. The Labute approximate surface area is 129 Å². The highest BCUT2D eigenvalue weighted by atomic mass is 15.3. The van der Waals surface area contributed by atoms with Gasteiger partial charge in [0.15, 0.2) is 0 Å². The number of hydrogen-bond acceptors (Lipinski definition) is 3. The van der Waals surface area contributed by atoms with E-state index in [1.807, 2.05) is 0 Å². The molecule has 2 heterocycles. The first-order chi connectivity index (χ1) is 10.0. The standard InChI is InChI=1S/C18H29N3/c1-18(2,3)21-10-8-20(9-11-21)14-17-12-15-6-4-5-7-16(15)13-19-17/h4-7,17,19H,8-14H2,1-3H3. The Bertz CT molecular complexity index is 470. The van der Waals surface area contributed by atoms with Gasteiger partial charge in [-0.05, 0) is 38.3 Å². The number of nitrogens with zero attached hydrogens (tertiary/aromatic N) is 2. The Kier molecular flexibility index (Phi) is 4.34. The van der Waals surface area contributed by atoms with Gasteiger partial charge in [-0.3, -0.25) is 9.80 Å². The van der Waals surface area contributed by atoms with Gasteiger partial charge in [-0.2, -0.15) is 0 Å². The predicted octanol–water partition coefficient (Wildman–Crippen LogP) is 2.12. The summed E-state index contributed by atoms with van der Waals surface area (Å²) in [4.78, 5) is 5.24. The maximum atomic E-state index is 3.71. The van der Waals surface area contributed by atoms with Gasteiger partial charge in [-0.1, -0.05) is 24.3 Å². The predicted molar refractivity (Wildman–Crippen MR) is 88.5 cm³/mol. The SMILES string of the molecule is CC(C)(C)N1CCN(CC2Cc3ccccc3CN2)CC1. The third kappa shape index (κ3) is 3.65. The van der Waals surface area contributed by atoms with Gasteiger partial charge in [0, 0.05) is 50.8 Å². The number of nitrogens with one attached hydrogen (secondary N) is 1. The fraction of sp³-hybridized carbons (Fsp3) is 0.667. The van der Waals surface area contributed by atoms with Crippen LogP contribution in [0.2, 0.25) is 0 Å². The highest BCUT2D eigenvalue weighted by Crippen LogP contribution is 2.19. The lowest BCUT2D eigenvalue weighted by Crippen LogP contribution is -2.56. The Hall–Kier alpha value is -0.900. The second-order valence-corrected chi connectivity index (χ2v) is 7.51. The van der Waals surface area contributed by atoms with E-state index in [2.05, 4.69) is 60.2 Å². The summed E-state index contributed by atoms with van der Waals surface area (Å²) in [5, 5.41) is 3.71. The normalized spacial score (nSPS) is 24.8. The first-order valence-corrected chi connectivity index (χ1v) is 8.30. The zero-order chi connectivity index (χ0) is 14.9. The molecule has 1 saturated heterocycles. The maximum Gasteiger partial charge on any atom is 0.0238 e. The van der Waals surface area contributed by atoms with E-state index in [4.69, 9.17) is 0 Å².